The largest absolute Gasteiger partial charge is 0.469 e. The molecule has 0 aliphatic rings. The van der Waals surface area contributed by atoms with Gasteiger partial charge in [-0.25, -0.2) is 4.57 Å². The summed E-state index contributed by atoms with van der Waals surface area (Å²) in [4.78, 5) is 30.2. The highest BCUT2D eigenvalue weighted by Gasteiger charge is 2.28. The van der Waals surface area contributed by atoms with Crippen LogP contribution in [0, 0.1) is 0 Å². The Morgan fingerprint density at radius 1 is 1.12 bits per heavy atom. The molecule has 0 bridgehead atoms. The molecule has 1 amide bonds. The van der Waals surface area contributed by atoms with Crippen molar-refractivity contribution in [1.29, 1.82) is 0 Å². The van der Waals surface area contributed by atoms with Crippen LogP contribution in [0.2, 0.25) is 0 Å². The molecule has 3 N–H and O–H groups in total. The van der Waals surface area contributed by atoms with Gasteiger partial charge in [0.2, 0.25) is 5.91 Å². The Hall–Kier alpha value is -1.20. The number of amides is 1. The molecule has 0 saturated heterocycles. The van der Waals surface area contributed by atoms with Crippen molar-refractivity contribution in [1.82, 2.24) is 5.32 Å². The van der Waals surface area contributed by atoms with Crippen LogP contribution < -0.4 is 5.32 Å². The van der Waals surface area contributed by atoms with Gasteiger partial charge in [0.05, 0.1) is 12.1 Å². The highest BCUT2D eigenvalue weighted by molar-refractivity contribution is 7.46. The van der Waals surface area contributed by atoms with E-state index in [1.165, 1.54) is 13.3 Å². The summed E-state index contributed by atoms with van der Waals surface area (Å²) in [7, 11) is -4.62. The first-order chi connectivity index (χ1) is 12.3. The zero-order valence-electron chi connectivity index (χ0n) is 16.4. The van der Waals surface area contributed by atoms with E-state index in [9.17, 15) is 9.36 Å². The number of hydrogen-bond acceptors (Lipinski definition) is 3. The van der Waals surface area contributed by atoms with Gasteiger partial charge in [-0.2, -0.15) is 0 Å². The van der Waals surface area contributed by atoms with E-state index < -0.39 is 20.0 Å². The second-order valence-corrected chi connectivity index (χ2v) is 7.11. The van der Waals surface area contributed by atoms with E-state index >= 15 is 0 Å². The molecule has 0 fully saturated rings. The van der Waals surface area contributed by atoms with Gasteiger partial charge in [-0.1, -0.05) is 76.8 Å². The maximum atomic E-state index is 12.2. The van der Waals surface area contributed by atoms with E-state index in [4.69, 9.17) is 14.3 Å². The second kappa shape index (κ2) is 13.9. The normalized spacial score (nSPS) is 13.3. The van der Waals surface area contributed by atoms with Crippen molar-refractivity contribution in [2.75, 3.05) is 0 Å². The molecule has 0 aliphatic heterocycles. The van der Waals surface area contributed by atoms with Crippen LogP contribution in [0.1, 0.15) is 77.8 Å². The summed E-state index contributed by atoms with van der Waals surface area (Å²) in [5, 5.41) is 2.84. The number of hydrogen-bond donors (Lipinski definition) is 3. The minimum Gasteiger partial charge on any atom is -0.347 e. The zero-order chi connectivity index (χ0) is 20.0. The highest BCUT2D eigenvalue weighted by atomic mass is 31.2. The van der Waals surface area contributed by atoms with Gasteiger partial charge in [0.15, 0.2) is 0 Å². The Morgan fingerprint density at radius 2 is 1.69 bits per heavy atom. The summed E-state index contributed by atoms with van der Waals surface area (Å²) >= 11 is 0. The number of rotatable bonds is 11. The third-order valence-electron chi connectivity index (χ3n) is 3.76. The molecular formula is C19H34NO5P. The van der Waals surface area contributed by atoms with Crippen LogP contribution in [0.5, 0.6) is 0 Å². The predicted molar refractivity (Wildman–Crippen MR) is 105 cm³/mol. The molecule has 0 unspecified atom stereocenters. The molecule has 0 aromatic heterocycles. The average Bonchev–Trinajstić information content (AvgIpc) is 2.60. The number of carbonyl (C=O) groups excluding carboxylic acids is 1. The maximum absolute atomic E-state index is 12.2. The van der Waals surface area contributed by atoms with E-state index in [1.54, 1.807) is 12.1 Å². The summed E-state index contributed by atoms with van der Waals surface area (Å²) in [6.45, 7) is 7.68. The van der Waals surface area contributed by atoms with Crippen molar-refractivity contribution in [2.45, 2.75) is 78.4 Å². The molecule has 1 aromatic rings. The van der Waals surface area contributed by atoms with Crippen molar-refractivity contribution < 1.29 is 23.7 Å². The van der Waals surface area contributed by atoms with Crippen molar-refractivity contribution in [3.63, 3.8) is 0 Å². The Morgan fingerprint density at radius 3 is 2.23 bits per heavy atom. The van der Waals surface area contributed by atoms with Crippen LogP contribution >= 0.6 is 7.82 Å². The average molecular weight is 387 g/mol. The van der Waals surface area contributed by atoms with E-state index in [0.717, 1.165) is 31.2 Å². The predicted octanol–water partition coefficient (Wildman–Crippen LogP) is 4.73. The molecule has 6 nitrogen and oxygen atoms in total. The lowest BCUT2D eigenvalue weighted by molar-refractivity contribution is -0.122. The molecule has 0 spiro atoms. The SMILES string of the molecule is CC.CCCCCCCC(=O)N[C@@H](c1ccccc1)[C@H](C)OP(=O)(O)O. The van der Waals surface area contributed by atoms with Crippen molar-refractivity contribution in [2.24, 2.45) is 0 Å². The monoisotopic (exact) mass is 387 g/mol. The third-order valence-corrected chi connectivity index (χ3v) is 4.36. The summed E-state index contributed by atoms with van der Waals surface area (Å²) in [6, 6.07) is 8.44. The number of nitrogens with one attached hydrogen (secondary N) is 1. The second-order valence-electron chi connectivity index (χ2n) is 5.92. The molecule has 0 radical (unpaired) electrons. The van der Waals surface area contributed by atoms with Gasteiger partial charge < -0.3 is 15.1 Å². The highest BCUT2D eigenvalue weighted by Crippen LogP contribution is 2.40. The van der Waals surface area contributed by atoms with Crippen molar-refractivity contribution in [3.05, 3.63) is 35.9 Å². The molecule has 2 atom stereocenters. The van der Waals surface area contributed by atoms with E-state index in [0.29, 0.717) is 6.42 Å². The van der Waals surface area contributed by atoms with Crippen molar-refractivity contribution >= 4 is 13.7 Å². The zero-order valence-corrected chi connectivity index (χ0v) is 17.2. The fourth-order valence-corrected chi connectivity index (χ4v) is 3.10. The molecule has 0 aliphatic carbocycles. The van der Waals surface area contributed by atoms with Crippen molar-refractivity contribution in [3.8, 4) is 0 Å². The van der Waals surface area contributed by atoms with Crippen LogP contribution in [0.25, 0.3) is 0 Å². The Kier molecular flexibility index (Phi) is 13.3. The topological polar surface area (TPSA) is 95.9 Å². The number of carbonyl (C=O) groups is 1. The van der Waals surface area contributed by atoms with Gasteiger partial charge in [-0.15, -0.1) is 0 Å². The maximum Gasteiger partial charge on any atom is 0.469 e. The van der Waals surface area contributed by atoms with Gasteiger partial charge >= 0.3 is 7.82 Å². The molecule has 1 aromatic carbocycles. The molecular weight excluding hydrogens is 353 g/mol. The number of unbranched alkanes of at least 4 members (excludes halogenated alkanes) is 4. The summed E-state index contributed by atoms with van der Waals surface area (Å²) in [6.07, 6.45) is 4.80. The van der Waals surface area contributed by atoms with E-state index in [1.807, 2.05) is 32.0 Å². The first-order valence-electron chi connectivity index (χ1n) is 9.41. The van der Waals surface area contributed by atoms with E-state index in [2.05, 4.69) is 12.2 Å². The lowest BCUT2D eigenvalue weighted by atomic mass is 10.0. The molecule has 150 valence electrons. The Bertz CT molecular complexity index is 532. The molecule has 0 heterocycles. The van der Waals surface area contributed by atoms with Gasteiger partial charge in [0, 0.05) is 6.42 Å². The summed E-state index contributed by atoms with van der Waals surface area (Å²) in [5.41, 5.74) is 0.748. The lowest BCUT2D eigenvalue weighted by Crippen LogP contribution is -2.35. The van der Waals surface area contributed by atoms with Crippen LogP contribution in [0.3, 0.4) is 0 Å². The molecule has 26 heavy (non-hydrogen) atoms. The smallest absolute Gasteiger partial charge is 0.347 e. The fraction of sp³-hybridized carbons (Fsp3) is 0.632. The van der Waals surface area contributed by atoms with E-state index in [-0.39, 0.29) is 5.91 Å². The lowest BCUT2D eigenvalue weighted by Gasteiger charge is -2.26. The first-order valence-corrected chi connectivity index (χ1v) is 10.9. The number of phosphoric acid groups is 1. The third kappa shape index (κ3) is 11.4. The van der Waals surface area contributed by atoms with Crippen LogP contribution in [0.4, 0.5) is 0 Å². The van der Waals surface area contributed by atoms with Gasteiger partial charge in [-0.3, -0.25) is 9.32 Å². The Balaban J connectivity index is 0.00000301. The van der Waals surface area contributed by atoms with Crippen LogP contribution in [-0.4, -0.2) is 21.8 Å². The summed E-state index contributed by atoms with van der Waals surface area (Å²) in [5.74, 6) is -0.137. The first kappa shape index (κ1) is 24.8. The van der Waals surface area contributed by atoms with Gasteiger partial charge in [0.1, 0.15) is 0 Å². The number of benzene rings is 1. The molecule has 0 saturated carbocycles. The summed E-state index contributed by atoms with van der Waals surface area (Å²) < 4.78 is 15.9. The Labute approximate surface area is 157 Å². The van der Waals surface area contributed by atoms with Crippen LogP contribution in [-0.2, 0) is 13.9 Å². The quantitative estimate of drug-likeness (QED) is 0.377. The fourth-order valence-electron chi connectivity index (χ4n) is 2.54. The molecule has 7 heteroatoms. The minimum absolute atomic E-state index is 0.137. The molecule has 1 rings (SSSR count). The van der Waals surface area contributed by atoms with Gasteiger partial charge in [0.25, 0.3) is 0 Å². The number of phosphoric ester groups is 1. The standard InChI is InChI=1S/C17H28NO5P.C2H6/c1-3-4-5-6-10-13-16(19)18-17(14(2)23-24(20,21)22)15-11-8-7-9-12-15;1-2/h7-9,11-12,14,17H,3-6,10,13H2,1-2H3,(H,18,19)(H2,20,21,22);1-2H3/t14-,17+;/m0./s1. The van der Waals surface area contributed by atoms with Crippen LogP contribution in [0.15, 0.2) is 30.3 Å². The van der Waals surface area contributed by atoms with Gasteiger partial charge in [-0.05, 0) is 18.9 Å². The minimum atomic E-state index is -4.62.